The minimum absolute atomic E-state index is 0.106. The van der Waals surface area contributed by atoms with Crippen molar-refractivity contribution in [2.24, 2.45) is 10.7 Å². The summed E-state index contributed by atoms with van der Waals surface area (Å²) in [5.41, 5.74) is 16.3. The lowest BCUT2D eigenvalue weighted by Crippen LogP contribution is -2.21. The van der Waals surface area contributed by atoms with Gasteiger partial charge in [0, 0.05) is 60.2 Å². The van der Waals surface area contributed by atoms with E-state index in [0.29, 0.717) is 72.1 Å². The molecule has 0 spiro atoms. The van der Waals surface area contributed by atoms with Gasteiger partial charge in [-0.2, -0.15) is 11.3 Å². The summed E-state index contributed by atoms with van der Waals surface area (Å²) >= 11 is 1.56. The first kappa shape index (κ1) is 37.4. The number of alkyl halides is 1. The first-order valence-electron chi connectivity index (χ1n) is 16.1. The number of nitrogen functional groups attached to an aromatic ring is 1. The number of hydrogen-bond acceptors (Lipinski definition) is 8. The molecule has 12 heteroatoms. The summed E-state index contributed by atoms with van der Waals surface area (Å²) in [5.74, 6) is -1.62. The number of aromatic nitrogens is 1. The second kappa shape index (κ2) is 16.3. The Kier molecular flexibility index (Phi) is 12.5. The van der Waals surface area contributed by atoms with Crippen molar-refractivity contribution in [3.63, 3.8) is 0 Å². The Morgan fingerprint density at radius 3 is 2.53 bits per heavy atom. The van der Waals surface area contributed by atoms with Gasteiger partial charge in [-0.1, -0.05) is 20.8 Å². The maximum absolute atomic E-state index is 15.0. The number of aryl methyl sites for hydroxylation is 1. The number of ether oxygens (including phenoxy) is 2. The number of nitrogens with zero attached hydrogens (tertiary/aromatic N) is 2. The fourth-order valence-electron chi connectivity index (χ4n) is 5.46. The molecule has 1 aliphatic heterocycles. The van der Waals surface area contributed by atoms with E-state index < -0.39 is 17.4 Å². The molecular formula is C37H44F3N5O3S. The number of pyridine rings is 1. The molecule has 2 aromatic carbocycles. The van der Waals surface area contributed by atoms with Gasteiger partial charge in [0.25, 0.3) is 0 Å². The van der Waals surface area contributed by atoms with Crippen LogP contribution in [0.1, 0.15) is 84.9 Å². The predicted octanol–water partition coefficient (Wildman–Crippen LogP) is 7.62. The highest BCUT2D eigenvalue weighted by atomic mass is 32.1. The number of benzene rings is 2. The zero-order chi connectivity index (χ0) is 35.9. The zero-order valence-electron chi connectivity index (χ0n) is 28.6. The quantitative estimate of drug-likeness (QED) is 0.0679. The number of thiophene rings is 1. The summed E-state index contributed by atoms with van der Waals surface area (Å²) in [7, 11) is 3.06. The summed E-state index contributed by atoms with van der Waals surface area (Å²) in [4.78, 5) is 19.7. The smallest absolute Gasteiger partial charge is 0.207 e. The summed E-state index contributed by atoms with van der Waals surface area (Å²) in [5, 5.41) is 6.73. The molecule has 1 saturated carbocycles. The summed E-state index contributed by atoms with van der Waals surface area (Å²) in [6, 6.07) is 10.1. The summed E-state index contributed by atoms with van der Waals surface area (Å²) in [6.45, 7) is 8.55. The molecule has 1 aliphatic carbocycles. The Balaban J connectivity index is 0.000000252. The lowest BCUT2D eigenvalue weighted by Gasteiger charge is -2.19. The second-order valence-corrected chi connectivity index (χ2v) is 13.1. The predicted molar refractivity (Wildman–Crippen MR) is 191 cm³/mol. The SMILES string of the molecule is CC(C)c1cc(-c2nc(C(CNC=O)c3ccsc3)cc3c2OCC3C)c(F)cc1F.CN.COc1cc(C)cc(/C=N/C2(F)CC2)c1N. The van der Waals surface area contributed by atoms with Crippen LogP contribution in [0.5, 0.6) is 11.5 Å². The van der Waals surface area contributed by atoms with Crippen molar-refractivity contribution in [3.05, 3.63) is 92.3 Å². The van der Waals surface area contributed by atoms with Crippen molar-refractivity contribution in [1.29, 1.82) is 0 Å². The number of anilines is 1. The topological polar surface area (TPSA) is 125 Å². The highest BCUT2D eigenvalue weighted by Crippen LogP contribution is 2.44. The first-order chi connectivity index (χ1) is 23.4. The molecule has 262 valence electrons. The molecule has 0 radical (unpaired) electrons. The Labute approximate surface area is 289 Å². The number of carbonyl (C=O) groups is 1. The third kappa shape index (κ3) is 8.79. The second-order valence-electron chi connectivity index (χ2n) is 12.3. The first-order valence-corrected chi connectivity index (χ1v) is 17.0. The van der Waals surface area contributed by atoms with Crippen LogP contribution in [0.3, 0.4) is 0 Å². The van der Waals surface area contributed by atoms with E-state index in [-0.39, 0.29) is 23.3 Å². The molecule has 4 aromatic rings. The van der Waals surface area contributed by atoms with Crippen LogP contribution in [0.25, 0.3) is 11.3 Å². The van der Waals surface area contributed by atoms with E-state index in [1.165, 1.54) is 19.3 Å². The van der Waals surface area contributed by atoms with Gasteiger partial charge in [0.1, 0.15) is 28.8 Å². The molecule has 2 aromatic heterocycles. The monoisotopic (exact) mass is 695 g/mol. The summed E-state index contributed by atoms with van der Waals surface area (Å²) < 4.78 is 53.7. The number of fused-ring (bicyclic) bond motifs is 1. The summed E-state index contributed by atoms with van der Waals surface area (Å²) in [6.07, 6.45) is 3.17. The standard InChI is InChI=1S/C24H24F2N2O2S.C12H15FN2O.CH5N/c1-13(2)16-6-18(21(26)8-20(16)25)23-24-17(14(3)10-30-24)7-22(28-23)19(9-27-12-29)15-4-5-31-11-15;1-8-5-9(7-15-12(13)3-4-12)11(14)10(6-8)16-2;1-2/h4-8,11-14,19H,9-10H2,1-3H3,(H,27,29);5-7H,3-4,14H2,1-2H3;2H2,1H3/b;15-7+;. The van der Waals surface area contributed by atoms with E-state index in [0.717, 1.165) is 22.8 Å². The van der Waals surface area contributed by atoms with Gasteiger partial charge in [-0.3, -0.25) is 9.79 Å². The highest BCUT2D eigenvalue weighted by molar-refractivity contribution is 7.08. The van der Waals surface area contributed by atoms with Crippen LogP contribution >= 0.6 is 11.3 Å². The van der Waals surface area contributed by atoms with Crippen LogP contribution in [-0.4, -0.2) is 50.7 Å². The number of hydrogen-bond donors (Lipinski definition) is 3. The van der Waals surface area contributed by atoms with E-state index in [9.17, 15) is 18.0 Å². The molecule has 0 bridgehead atoms. The molecule has 1 fully saturated rings. The average molecular weight is 696 g/mol. The van der Waals surface area contributed by atoms with Crippen LogP contribution < -0.4 is 26.3 Å². The van der Waals surface area contributed by atoms with E-state index in [1.54, 1.807) is 18.4 Å². The molecule has 2 aliphatic rings. The van der Waals surface area contributed by atoms with Gasteiger partial charge >= 0.3 is 0 Å². The lowest BCUT2D eigenvalue weighted by molar-refractivity contribution is -0.109. The van der Waals surface area contributed by atoms with Gasteiger partial charge in [-0.25, -0.2) is 18.2 Å². The number of nitrogens with two attached hydrogens (primary N) is 2. The van der Waals surface area contributed by atoms with Gasteiger partial charge in [0.15, 0.2) is 5.79 Å². The number of rotatable bonds is 10. The van der Waals surface area contributed by atoms with Gasteiger partial charge in [-0.15, -0.1) is 0 Å². The van der Waals surface area contributed by atoms with Crippen LogP contribution in [0.2, 0.25) is 0 Å². The molecule has 3 heterocycles. The molecule has 6 rings (SSSR count). The molecule has 8 nitrogen and oxygen atoms in total. The fraction of sp³-hybridized carbons (Fsp3) is 0.378. The third-order valence-electron chi connectivity index (χ3n) is 8.34. The molecule has 5 N–H and O–H groups in total. The minimum Gasteiger partial charge on any atom is -0.495 e. The van der Waals surface area contributed by atoms with Crippen molar-refractivity contribution in [1.82, 2.24) is 10.3 Å². The van der Waals surface area contributed by atoms with E-state index in [1.807, 2.05) is 62.7 Å². The van der Waals surface area contributed by atoms with Crippen LogP contribution in [0.4, 0.5) is 18.9 Å². The maximum atomic E-state index is 15.0. The van der Waals surface area contributed by atoms with Crippen molar-refractivity contribution in [3.8, 4) is 22.8 Å². The number of methoxy groups -OCH3 is 1. The molecule has 1 amide bonds. The largest absolute Gasteiger partial charge is 0.495 e. The molecule has 2 unspecified atom stereocenters. The van der Waals surface area contributed by atoms with Crippen molar-refractivity contribution < 1.29 is 27.4 Å². The van der Waals surface area contributed by atoms with Crippen molar-refractivity contribution >= 4 is 29.6 Å². The lowest BCUT2D eigenvalue weighted by atomic mass is 9.92. The average Bonchev–Trinajstić information content (AvgIpc) is 3.41. The van der Waals surface area contributed by atoms with E-state index in [2.05, 4.69) is 16.0 Å². The number of nitrogens with one attached hydrogen (secondary N) is 1. The minimum atomic E-state index is -1.34. The van der Waals surface area contributed by atoms with E-state index in [4.69, 9.17) is 20.2 Å². The number of carbonyl (C=O) groups excluding carboxylic acids is 1. The number of amides is 1. The Hall–Kier alpha value is -4.42. The Bertz CT molecular complexity index is 1780. The van der Waals surface area contributed by atoms with Gasteiger partial charge in [0.2, 0.25) is 6.41 Å². The Morgan fingerprint density at radius 2 is 1.92 bits per heavy atom. The van der Waals surface area contributed by atoms with Crippen LogP contribution in [0.15, 0.2) is 52.2 Å². The molecule has 0 saturated heterocycles. The zero-order valence-corrected chi connectivity index (χ0v) is 29.5. The Morgan fingerprint density at radius 1 is 1.18 bits per heavy atom. The molecule has 49 heavy (non-hydrogen) atoms. The number of aliphatic imine (C=N–C) groups is 1. The van der Waals surface area contributed by atoms with Gasteiger partial charge < -0.3 is 26.3 Å². The van der Waals surface area contributed by atoms with Crippen LogP contribution in [0, 0.1) is 18.6 Å². The highest BCUT2D eigenvalue weighted by Gasteiger charge is 2.42. The van der Waals surface area contributed by atoms with Gasteiger partial charge in [-0.05, 0) is 77.7 Å². The van der Waals surface area contributed by atoms with Crippen molar-refractivity contribution in [2.75, 3.05) is 33.0 Å². The van der Waals surface area contributed by atoms with E-state index >= 15 is 0 Å². The normalized spacial score (nSPS) is 16.1. The van der Waals surface area contributed by atoms with Gasteiger partial charge in [0.05, 0.1) is 25.1 Å². The third-order valence-corrected chi connectivity index (χ3v) is 9.04. The number of halogens is 3. The maximum Gasteiger partial charge on any atom is 0.207 e. The molecular weight excluding hydrogens is 652 g/mol. The van der Waals surface area contributed by atoms with Crippen molar-refractivity contribution in [2.45, 2.75) is 64.1 Å². The fourth-order valence-corrected chi connectivity index (χ4v) is 6.17. The van der Waals surface area contributed by atoms with Crippen LogP contribution in [-0.2, 0) is 4.79 Å². The molecule has 2 atom stereocenters.